The van der Waals surface area contributed by atoms with Gasteiger partial charge in [0, 0.05) is 16.5 Å². The molecule has 6 nitrogen and oxygen atoms in total. The first kappa shape index (κ1) is 23.0. The molecule has 4 rings (SSSR count). The number of nitrogens with one attached hydrogen (secondary N) is 1. The molecule has 1 N–H and O–H groups in total. The highest BCUT2D eigenvalue weighted by Crippen LogP contribution is 2.33. The second-order valence-electron chi connectivity index (χ2n) is 8.43. The van der Waals surface area contributed by atoms with Gasteiger partial charge in [-0.2, -0.15) is 0 Å². The maximum atomic E-state index is 13.7. The largest absolute Gasteiger partial charge is 0.464 e. The number of thiophene rings is 1. The molecule has 3 aromatic rings. The van der Waals surface area contributed by atoms with E-state index in [1.807, 2.05) is 17.5 Å². The number of benzene rings is 1. The van der Waals surface area contributed by atoms with Gasteiger partial charge in [0.05, 0.1) is 12.1 Å². The second kappa shape index (κ2) is 10.2. The van der Waals surface area contributed by atoms with Crippen LogP contribution in [0.25, 0.3) is 0 Å². The molecular weight excluding hydrogens is 436 g/mol. The Kier molecular flexibility index (Phi) is 7.08. The van der Waals surface area contributed by atoms with Crippen molar-refractivity contribution in [1.29, 1.82) is 0 Å². The Morgan fingerprint density at radius 2 is 1.85 bits per heavy atom. The van der Waals surface area contributed by atoms with Crippen LogP contribution in [0.15, 0.2) is 58.3 Å². The molecule has 1 aromatic carbocycles. The van der Waals surface area contributed by atoms with Crippen LogP contribution in [0.5, 0.6) is 0 Å². The van der Waals surface area contributed by atoms with Crippen molar-refractivity contribution in [2.45, 2.75) is 58.0 Å². The lowest BCUT2D eigenvalue weighted by molar-refractivity contribution is -0.127. The van der Waals surface area contributed by atoms with Gasteiger partial charge in [-0.25, -0.2) is 0 Å². The van der Waals surface area contributed by atoms with Gasteiger partial charge in [-0.3, -0.25) is 19.3 Å². The van der Waals surface area contributed by atoms with Crippen molar-refractivity contribution in [2.75, 3.05) is 4.90 Å². The molecule has 2 heterocycles. The lowest BCUT2D eigenvalue weighted by atomic mass is 10.0. The normalized spacial score (nSPS) is 14.7. The molecular formula is C26H28N2O4S. The van der Waals surface area contributed by atoms with Crippen molar-refractivity contribution >= 4 is 34.6 Å². The maximum absolute atomic E-state index is 13.7. The third-order valence-electron chi connectivity index (χ3n) is 5.96. The van der Waals surface area contributed by atoms with Gasteiger partial charge in [-0.05, 0) is 62.4 Å². The average molecular weight is 465 g/mol. The Morgan fingerprint density at radius 1 is 1.09 bits per heavy atom. The van der Waals surface area contributed by atoms with Crippen molar-refractivity contribution in [1.82, 2.24) is 5.32 Å². The summed E-state index contributed by atoms with van der Waals surface area (Å²) in [6.45, 7) is 3.27. The second-order valence-corrected chi connectivity index (χ2v) is 9.47. The number of rotatable bonds is 8. The lowest BCUT2D eigenvalue weighted by Crippen LogP contribution is -2.47. The number of furan rings is 1. The summed E-state index contributed by atoms with van der Waals surface area (Å²) in [4.78, 5) is 42.2. The van der Waals surface area contributed by atoms with Crippen LogP contribution in [-0.4, -0.2) is 23.6 Å². The van der Waals surface area contributed by atoms with E-state index in [0.717, 1.165) is 30.6 Å². The van der Waals surface area contributed by atoms with Crippen LogP contribution < -0.4 is 10.2 Å². The van der Waals surface area contributed by atoms with Crippen molar-refractivity contribution in [2.24, 2.45) is 0 Å². The summed E-state index contributed by atoms with van der Waals surface area (Å²) < 4.78 is 5.88. The topological polar surface area (TPSA) is 79.6 Å². The minimum atomic E-state index is -1.02. The molecule has 0 radical (unpaired) electrons. The number of ketones is 1. The van der Waals surface area contributed by atoms with Gasteiger partial charge < -0.3 is 9.73 Å². The summed E-state index contributed by atoms with van der Waals surface area (Å²) in [5.74, 6) is 0.279. The molecule has 0 spiro atoms. The van der Waals surface area contributed by atoms with Gasteiger partial charge in [0.1, 0.15) is 11.5 Å². The Labute approximate surface area is 197 Å². The summed E-state index contributed by atoms with van der Waals surface area (Å²) in [5.41, 5.74) is 0.797. The SMILES string of the molecule is CC(=O)c1ccccc1N(C(=O)Cc1cccs1)[C@@H](C(=O)NC1CCCC1)c1ccc(C)o1. The summed E-state index contributed by atoms with van der Waals surface area (Å²) >= 11 is 1.48. The first-order valence-corrected chi connectivity index (χ1v) is 12.1. The quantitative estimate of drug-likeness (QED) is 0.463. The predicted molar refractivity (Wildman–Crippen MR) is 129 cm³/mol. The fourth-order valence-corrected chi connectivity index (χ4v) is 5.07. The van der Waals surface area contributed by atoms with Gasteiger partial charge in [-0.15, -0.1) is 11.3 Å². The third kappa shape index (κ3) is 5.25. The fourth-order valence-electron chi connectivity index (χ4n) is 4.37. The van der Waals surface area contributed by atoms with Gasteiger partial charge >= 0.3 is 0 Å². The van der Waals surface area contributed by atoms with Gasteiger partial charge in [0.25, 0.3) is 5.91 Å². The van der Waals surface area contributed by atoms with Crippen molar-refractivity contribution < 1.29 is 18.8 Å². The van der Waals surface area contributed by atoms with E-state index in [4.69, 9.17) is 4.42 Å². The lowest BCUT2D eigenvalue weighted by Gasteiger charge is -2.32. The summed E-state index contributed by atoms with van der Waals surface area (Å²) in [6, 6.07) is 13.3. The Bertz CT molecular complexity index is 1130. The number of anilines is 1. The Morgan fingerprint density at radius 3 is 2.48 bits per heavy atom. The number of aryl methyl sites for hydroxylation is 1. The van der Waals surface area contributed by atoms with Crippen LogP contribution in [0.4, 0.5) is 5.69 Å². The number of para-hydroxylation sites is 1. The average Bonchev–Trinajstić information content (AvgIpc) is 3.56. The Hall–Kier alpha value is -3.19. The smallest absolute Gasteiger partial charge is 0.251 e. The van der Waals surface area contributed by atoms with Crippen LogP contribution in [-0.2, 0) is 16.0 Å². The molecule has 7 heteroatoms. The third-order valence-corrected chi connectivity index (χ3v) is 6.83. The molecule has 1 aliphatic rings. The molecule has 0 saturated heterocycles. The Balaban J connectivity index is 1.80. The number of amides is 2. The first-order valence-electron chi connectivity index (χ1n) is 11.2. The highest BCUT2D eigenvalue weighted by atomic mass is 32.1. The molecule has 2 amide bonds. The van der Waals surface area contributed by atoms with Crippen molar-refractivity contribution in [3.63, 3.8) is 0 Å². The number of hydrogen-bond donors (Lipinski definition) is 1. The van der Waals surface area contributed by atoms with Gasteiger partial charge in [-0.1, -0.05) is 31.0 Å². The van der Waals surface area contributed by atoms with Crippen LogP contribution in [0, 0.1) is 6.92 Å². The summed E-state index contributed by atoms with van der Waals surface area (Å²) in [7, 11) is 0. The van der Waals surface area contributed by atoms with Crippen LogP contribution >= 0.6 is 11.3 Å². The summed E-state index contributed by atoms with van der Waals surface area (Å²) in [6.07, 6.45) is 4.11. The van der Waals surface area contributed by atoms with Crippen molar-refractivity contribution in [3.05, 3.63) is 75.9 Å². The van der Waals surface area contributed by atoms with Crippen molar-refractivity contribution in [3.8, 4) is 0 Å². The summed E-state index contributed by atoms with van der Waals surface area (Å²) in [5, 5.41) is 5.04. The molecule has 0 bridgehead atoms. The van der Waals surface area contributed by atoms with Gasteiger partial charge in [0.15, 0.2) is 11.8 Å². The van der Waals surface area contributed by atoms with Gasteiger partial charge in [0.2, 0.25) is 5.91 Å². The monoisotopic (exact) mass is 464 g/mol. The van der Waals surface area contributed by atoms with E-state index in [2.05, 4.69) is 5.32 Å². The highest BCUT2D eigenvalue weighted by molar-refractivity contribution is 7.10. The molecule has 0 aliphatic heterocycles. The molecule has 172 valence electrons. The van der Waals surface area contributed by atoms with E-state index < -0.39 is 6.04 Å². The molecule has 33 heavy (non-hydrogen) atoms. The molecule has 0 unspecified atom stereocenters. The molecule has 1 atom stereocenters. The molecule has 1 aliphatic carbocycles. The zero-order valence-corrected chi connectivity index (χ0v) is 19.7. The highest BCUT2D eigenvalue weighted by Gasteiger charge is 2.37. The zero-order valence-electron chi connectivity index (χ0n) is 18.9. The first-order chi connectivity index (χ1) is 15.9. The minimum Gasteiger partial charge on any atom is -0.464 e. The number of carbonyl (C=O) groups is 3. The minimum absolute atomic E-state index is 0.0772. The van der Waals surface area contributed by atoms with E-state index >= 15 is 0 Å². The number of hydrogen-bond acceptors (Lipinski definition) is 5. The van der Waals surface area contributed by atoms with E-state index in [0.29, 0.717) is 22.8 Å². The molecule has 1 fully saturated rings. The van der Waals surface area contributed by atoms with Crippen LogP contribution in [0.2, 0.25) is 0 Å². The number of nitrogens with zero attached hydrogens (tertiary/aromatic N) is 1. The van der Waals surface area contributed by atoms with E-state index in [1.165, 1.54) is 23.2 Å². The van der Waals surface area contributed by atoms with E-state index in [9.17, 15) is 14.4 Å². The number of carbonyl (C=O) groups excluding carboxylic acids is 3. The number of Topliss-reactive ketones (excluding diaryl/α,β-unsaturated/α-hetero) is 1. The van der Waals surface area contributed by atoms with Crippen LogP contribution in [0.3, 0.4) is 0 Å². The van der Waals surface area contributed by atoms with E-state index in [-0.39, 0.29) is 30.1 Å². The standard InChI is InChI=1S/C26H28N2O4S/c1-17-13-14-23(32-17)25(26(31)27-19-8-3-4-9-19)28(24(30)16-20-10-7-15-33-20)22-12-6-5-11-21(22)18(2)29/h5-7,10-15,19,25H,3-4,8-9,16H2,1-2H3,(H,27,31)/t25-/m1/s1. The van der Waals surface area contributed by atoms with E-state index in [1.54, 1.807) is 43.3 Å². The predicted octanol–water partition coefficient (Wildman–Crippen LogP) is 5.23. The maximum Gasteiger partial charge on any atom is 0.251 e. The molecule has 1 saturated carbocycles. The zero-order chi connectivity index (χ0) is 23.4. The van der Waals surface area contributed by atoms with Crippen LogP contribution in [0.1, 0.15) is 65.4 Å². The molecule has 2 aromatic heterocycles. The fraction of sp³-hybridized carbons (Fsp3) is 0.346.